The molecule has 1 saturated heterocycles. The molecule has 0 unspecified atom stereocenters. The fraction of sp³-hybridized carbons (Fsp3) is 0.211. The molecule has 4 rings (SSSR count). The van der Waals surface area contributed by atoms with Crippen molar-refractivity contribution in [1.29, 1.82) is 0 Å². The first kappa shape index (κ1) is 18.0. The smallest absolute Gasteiger partial charge is 0.451 e. The number of carbonyl (C=O) groups excluding carboxylic acids is 1. The van der Waals surface area contributed by atoms with Gasteiger partial charge in [-0.05, 0) is 17.7 Å². The van der Waals surface area contributed by atoms with Crippen LogP contribution in [0.4, 0.5) is 13.2 Å². The van der Waals surface area contributed by atoms with Crippen molar-refractivity contribution in [3.8, 4) is 0 Å². The molecule has 1 aromatic heterocycles. The van der Waals surface area contributed by atoms with Gasteiger partial charge < -0.3 is 4.74 Å². The van der Waals surface area contributed by atoms with Gasteiger partial charge in [-0.1, -0.05) is 42.5 Å². The Bertz CT molecular complexity index is 1110. The second kappa shape index (κ2) is 6.36. The predicted molar refractivity (Wildman–Crippen MR) is 94.2 cm³/mol. The molecule has 0 amide bonds. The highest BCUT2D eigenvalue weighted by atomic mass is 19.4. The van der Waals surface area contributed by atoms with Crippen LogP contribution in [0.3, 0.4) is 0 Å². The lowest BCUT2D eigenvalue weighted by Crippen LogP contribution is -2.38. The van der Waals surface area contributed by atoms with E-state index in [1.54, 1.807) is 30.3 Å². The van der Waals surface area contributed by atoms with Crippen LogP contribution in [0.2, 0.25) is 0 Å². The molecule has 0 spiro atoms. The first-order valence-electron chi connectivity index (χ1n) is 8.35. The number of para-hydroxylation sites is 1. The van der Waals surface area contributed by atoms with E-state index in [0.29, 0.717) is 10.2 Å². The summed E-state index contributed by atoms with van der Waals surface area (Å²) in [6, 6.07) is 12.4. The fourth-order valence-corrected chi connectivity index (χ4v) is 3.33. The number of rotatable bonds is 3. The Morgan fingerprint density at radius 3 is 2.36 bits per heavy atom. The summed E-state index contributed by atoms with van der Waals surface area (Å²) in [5.74, 6) is -2.12. The number of esters is 1. The summed E-state index contributed by atoms with van der Waals surface area (Å²) in [6.45, 7) is 0. The average molecular weight is 389 g/mol. The molecular formula is C19H14F3N3O3. The van der Waals surface area contributed by atoms with Gasteiger partial charge in [0.25, 0.3) is 5.56 Å². The van der Waals surface area contributed by atoms with Crippen LogP contribution in [0.5, 0.6) is 0 Å². The third-order valence-electron chi connectivity index (χ3n) is 4.60. The highest BCUT2D eigenvalue weighted by Crippen LogP contribution is 2.43. The summed E-state index contributed by atoms with van der Waals surface area (Å²) < 4.78 is 46.3. The van der Waals surface area contributed by atoms with E-state index in [0.717, 1.165) is 12.1 Å². The van der Waals surface area contributed by atoms with E-state index in [-0.39, 0.29) is 10.9 Å². The quantitative estimate of drug-likeness (QED) is 0.509. The Labute approximate surface area is 156 Å². The zero-order chi connectivity index (χ0) is 20.1. The first-order chi connectivity index (χ1) is 13.3. The highest BCUT2D eigenvalue weighted by Gasteiger charge is 2.58. The number of methoxy groups -OCH3 is 1. The number of nitrogens with zero attached hydrogens (tertiary/aromatic N) is 3. The maximum atomic E-state index is 13.7. The van der Waals surface area contributed by atoms with Crippen molar-refractivity contribution in [2.24, 2.45) is 0 Å². The van der Waals surface area contributed by atoms with E-state index in [4.69, 9.17) is 4.74 Å². The lowest BCUT2D eigenvalue weighted by molar-refractivity contribution is -0.148. The van der Waals surface area contributed by atoms with Crippen LogP contribution in [0, 0.1) is 0 Å². The molecule has 0 aliphatic carbocycles. The van der Waals surface area contributed by atoms with E-state index in [2.05, 4.69) is 4.98 Å². The minimum absolute atomic E-state index is 0.0258. The van der Waals surface area contributed by atoms with Gasteiger partial charge in [0.15, 0.2) is 6.04 Å². The zero-order valence-corrected chi connectivity index (χ0v) is 14.6. The summed E-state index contributed by atoms with van der Waals surface area (Å²) in [5.41, 5.74) is -0.375. The molecule has 0 saturated carbocycles. The number of alkyl halides is 3. The monoisotopic (exact) mass is 389 g/mol. The van der Waals surface area contributed by atoms with Gasteiger partial charge in [-0.15, -0.1) is 0 Å². The molecule has 0 radical (unpaired) electrons. The van der Waals surface area contributed by atoms with E-state index < -0.39 is 35.6 Å². The van der Waals surface area contributed by atoms with Crippen molar-refractivity contribution in [1.82, 2.24) is 9.66 Å². The minimum Gasteiger partial charge on any atom is -0.467 e. The molecule has 1 aliphatic heterocycles. The number of hydrogen-bond donors (Lipinski definition) is 0. The number of fused-ring (bicyclic) bond motifs is 1. The van der Waals surface area contributed by atoms with Crippen molar-refractivity contribution in [3.63, 3.8) is 0 Å². The highest BCUT2D eigenvalue weighted by molar-refractivity contribution is 5.85. The lowest BCUT2D eigenvalue weighted by atomic mass is 10.1. The molecule has 28 heavy (non-hydrogen) atoms. The second-order valence-corrected chi connectivity index (χ2v) is 6.27. The number of ether oxygens (including phenoxy) is 1. The second-order valence-electron chi connectivity index (χ2n) is 6.27. The number of carbonyl (C=O) groups is 1. The number of benzene rings is 2. The Morgan fingerprint density at radius 2 is 1.71 bits per heavy atom. The number of aromatic nitrogens is 2. The molecule has 144 valence electrons. The summed E-state index contributed by atoms with van der Waals surface area (Å²) in [7, 11) is 1.15. The Hall–Kier alpha value is -3.36. The lowest BCUT2D eigenvalue weighted by Gasteiger charge is -2.17. The molecule has 0 bridgehead atoms. The topological polar surface area (TPSA) is 64.2 Å². The van der Waals surface area contributed by atoms with Gasteiger partial charge >= 0.3 is 12.1 Å². The van der Waals surface area contributed by atoms with Crippen molar-refractivity contribution in [2.75, 3.05) is 12.1 Å². The van der Waals surface area contributed by atoms with Crippen LogP contribution in [0.15, 0.2) is 59.4 Å². The zero-order valence-electron chi connectivity index (χ0n) is 14.6. The molecule has 9 heteroatoms. The van der Waals surface area contributed by atoms with Gasteiger partial charge in [0.05, 0.1) is 18.0 Å². The first-order valence-corrected chi connectivity index (χ1v) is 8.35. The summed E-state index contributed by atoms with van der Waals surface area (Å²) in [4.78, 5) is 28.8. The maximum absolute atomic E-state index is 13.7. The van der Waals surface area contributed by atoms with Crippen LogP contribution in [0.25, 0.3) is 10.9 Å². The molecule has 1 fully saturated rings. The fourth-order valence-electron chi connectivity index (χ4n) is 3.33. The number of halogens is 3. The molecular weight excluding hydrogens is 375 g/mol. The standard InChI is InChI=1S/C19H14F3N3O3/c1-28-17(27)15-14(11-7-3-2-4-8-11)24(15)25-16(26)12-9-5-6-10-13(12)23-18(25)19(20,21)22/h2-10,14-15H,1H3/t14-,15+,24?/m0/s1. The SMILES string of the molecule is COC(=O)[C@H]1[C@H](c2ccccc2)N1n1c(C(F)(F)F)nc2ccccc2c1=O. The predicted octanol–water partition coefficient (Wildman–Crippen LogP) is 2.65. The van der Waals surface area contributed by atoms with Gasteiger partial charge in [-0.3, -0.25) is 9.80 Å². The van der Waals surface area contributed by atoms with Gasteiger partial charge in [-0.2, -0.15) is 17.8 Å². The minimum atomic E-state index is -4.90. The summed E-state index contributed by atoms with van der Waals surface area (Å²) in [6.07, 6.45) is -4.90. The molecule has 1 aliphatic rings. The molecule has 2 aromatic carbocycles. The third kappa shape index (κ3) is 2.79. The molecule has 2 heterocycles. The van der Waals surface area contributed by atoms with E-state index >= 15 is 0 Å². The van der Waals surface area contributed by atoms with Crippen molar-refractivity contribution >= 4 is 16.9 Å². The normalized spacial score (nSPS) is 18.9. The molecule has 0 N–H and O–H groups in total. The van der Waals surface area contributed by atoms with Gasteiger partial charge in [0.1, 0.15) is 6.04 Å². The molecule has 3 aromatic rings. The van der Waals surface area contributed by atoms with E-state index in [1.807, 2.05) is 0 Å². The van der Waals surface area contributed by atoms with Crippen LogP contribution >= 0.6 is 0 Å². The van der Waals surface area contributed by atoms with Crippen LogP contribution in [-0.2, 0) is 15.7 Å². The maximum Gasteiger partial charge on any atom is 0.451 e. The summed E-state index contributed by atoms with van der Waals surface area (Å²) in [5, 5.41) is 1.09. The van der Waals surface area contributed by atoms with Gasteiger partial charge in [0, 0.05) is 0 Å². The van der Waals surface area contributed by atoms with Gasteiger partial charge in [-0.25, -0.2) is 9.78 Å². The van der Waals surface area contributed by atoms with Crippen molar-refractivity contribution < 1.29 is 22.7 Å². The van der Waals surface area contributed by atoms with Gasteiger partial charge in [0.2, 0.25) is 5.82 Å². The molecule has 6 nitrogen and oxygen atoms in total. The van der Waals surface area contributed by atoms with E-state index in [1.165, 1.54) is 24.3 Å². The Balaban J connectivity index is 1.95. The summed E-state index contributed by atoms with van der Waals surface area (Å²) >= 11 is 0. The van der Waals surface area contributed by atoms with Crippen molar-refractivity contribution in [3.05, 3.63) is 76.3 Å². The van der Waals surface area contributed by atoms with Crippen LogP contribution in [0.1, 0.15) is 17.4 Å². The third-order valence-corrected chi connectivity index (χ3v) is 4.60. The Kier molecular flexibility index (Phi) is 4.10. The van der Waals surface area contributed by atoms with Crippen molar-refractivity contribution in [2.45, 2.75) is 18.3 Å². The molecule has 2 atom stereocenters. The van der Waals surface area contributed by atoms with E-state index in [9.17, 15) is 22.8 Å². The Morgan fingerprint density at radius 1 is 1.07 bits per heavy atom. The van der Waals surface area contributed by atoms with Crippen LogP contribution in [-0.4, -0.2) is 28.8 Å². The van der Waals surface area contributed by atoms with Crippen LogP contribution < -0.4 is 10.6 Å². The number of hydrogen-bond acceptors (Lipinski definition) is 5. The largest absolute Gasteiger partial charge is 0.467 e. The average Bonchev–Trinajstić information content (AvgIpc) is 3.42.